The lowest BCUT2D eigenvalue weighted by atomic mass is 10.2. The first-order valence-electron chi connectivity index (χ1n) is 6.67. The summed E-state index contributed by atoms with van der Waals surface area (Å²) in [7, 11) is 0. The van der Waals surface area contributed by atoms with Gasteiger partial charge in [0.1, 0.15) is 11.3 Å². The van der Waals surface area contributed by atoms with Crippen molar-refractivity contribution in [3.63, 3.8) is 0 Å². The number of fused-ring (bicyclic) bond motifs is 1. The van der Waals surface area contributed by atoms with Crippen molar-refractivity contribution in [2.75, 3.05) is 6.54 Å². The fraction of sp³-hybridized carbons (Fsp3) is 0.250. The first-order chi connectivity index (χ1) is 9.72. The Morgan fingerprint density at radius 2 is 2.20 bits per heavy atom. The molecule has 20 heavy (non-hydrogen) atoms. The van der Waals surface area contributed by atoms with Gasteiger partial charge in [0, 0.05) is 21.3 Å². The van der Waals surface area contributed by atoms with E-state index in [0.29, 0.717) is 0 Å². The highest BCUT2D eigenvalue weighted by atomic mass is 79.9. The van der Waals surface area contributed by atoms with Gasteiger partial charge in [0.2, 0.25) is 0 Å². The van der Waals surface area contributed by atoms with Crippen LogP contribution in [0.25, 0.3) is 11.0 Å². The van der Waals surface area contributed by atoms with Crippen LogP contribution in [0.1, 0.15) is 23.6 Å². The number of rotatable bonds is 5. The van der Waals surface area contributed by atoms with Gasteiger partial charge in [-0.2, -0.15) is 0 Å². The number of hydrogen-bond donors (Lipinski definition) is 1. The van der Waals surface area contributed by atoms with E-state index in [2.05, 4.69) is 57.8 Å². The molecule has 2 aromatic heterocycles. The predicted octanol–water partition coefficient (Wildman–Crippen LogP) is 5.15. The Labute approximate surface area is 130 Å². The molecule has 1 aromatic carbocycles. The van der Waals surface area contributed by atoms with Crippen molar-refractivity contribution in [2.45, 2.75) is 19.4 Å². The van der Waals surface area contributed by atoms with Crippen molar-refractivity contribution in [1.82, 2.24) is 5.32 Å². The molecule has 4 heteroatoms. The maximum atomic E-state index is 5.89. The third kappa shape index (κ3) is 3.14. The van der Waals surface area contributed by atoms with E-state index < -0.39 is 0 Å². The summed E-state index contributed by atoms with van der Waals surface area (Å²) in [5.74, 6) is 0.990. The smallest absolute Gasteiger partial charge is 0.134 e. The topological polar surface area (TPSA) is 25.2 Å². The summed E-state index contributed by atoms with van der Waals surface area (Å²) in [6.07, 6.45) is 1.06. The van der Waals surface area contributed by atoms with E-state index in [4.69, 9.17) is 4.42 Å². The van der Waals surface area contributed by atoms with E-state index in [1.807, 2.05) is 23.5 Å². The summed E-state index contributed by atoms with van der Waals surface area (Å²) in [6.45, 7) is 3.10. The van der Waals surface area contributed by atoms with Gasteiger partial charge in [-0.05, 0) is 49.1 Å². The van der Waals surface area contributed by atoms with Crippen molar-refractivity contribution in [3.05, 3.63) is 56.9 Å². The third-order valence-electron chi connectivity index (χ3n) is 3.33. The largest absolute Gasteiger partial charge is 0.459 e. The lowest BCUT2D eigenvalue weighted by Crippen LogP contribution is -2.20. The Morgan fingerprint density at radius 3 is 3.00 bits per heavy atom. The highest BCUT2D eigenvalue weighted by molar-refractivity contribution is 9.10. The SMILES string of the molecule is CC(NCCc1cccs1)c1cc2cc(Br)ccc2o1. The monoisotopic (exact) mass is 349 g/mol. The van der Waals surface area contributed by atoms with E-state index in [1.165, 1.54) is 4.88 Å². The van der Waals surface area contributed by atoms with Gasteiger partial charge in [-0.3, -0.25) is 0 Å². The summed E-state index contributed by atoms with van der Waals surface area (Å²) in [6, 6.07) is 12.7. The van der Waals surface area contributed by atoms with Crippen LogP contribution in [0.2, 0.25) is 0 Å². The summed E-state index contributed by atoms with van der Waals surface area (Å²) in [5.41, 5.74) is 0.940. The highest BCUT2D eigenvalue weighted by Gasteiger charge is 2.11. The molecule has 1 unspecified atom stereocenters. The van der Waals surface area contributed by atoms with Gasteiger partial charge in [0.25, 0.3) is 0 Å². The van der Waals surface area contributed by atoms with E-state index in [-0.39, 0.29) is 6.04 Å². The zero-order valence-electron chi connectivity index (χ0n) is 11.2. The fourth-order valence-electron chi connectivity index (χ4n) is 2.22. The Balaban J connectivity index is 1.64. The highest BCUT2D eigenvalue weighted by Crippen LogP contribution is 2.26. The normalized spacial score (nSPS) is 12.9. The van der Waals surface area contributed by atoms with Crippen LogP contribution in [0.3, 0.4) is 0 Å². The molecule has 2 nitrogen and oxygen atoms in total. The van der Waals surface area contributed by atoms with Crippen LogP contribution < -0.4 is 5.32 Å². The molecule has 1 N–H and O–H groups in total. The van der Waals surface area contributed by atoms with Crippen LogP contribution in [0.5, 0.6) is 0 Å². The molecule has 0 aliphatic carbocycles. The second kappa shape index (κ2) is 6.12. The molecule has 0 bridgehead atoms. The van der Waals surface area contributed by atoms with Crippen molar-refractivity contribution < 1.29 is 4.42 Å². The Bertz CT molecular complexity index is 690. The van der Waals surface area contributed by atoms with Crippen molar-refractivity contribution in [1.29, 1.82) is 0 Å². The molecule has 0 amide bonds. The van der Waals surface area contributed by atoms with E-state index in [9.17, 15) is 0 Å². The second-order valence-corrected chi connectivity index (χ2v) is 6.78. The second-order valence-electron chi connectivity index (χ2n) is 4.84. The number of thiophene rings is 1. The van der Waals surface area contributed by atoms with Gasteiger partial charge in [0.05, 0.1) is 6.04 Å². The lowest BCUT2D eigenvalue weighted by Gasteiger charge is -2.10. The average Bonchev–Trinajstić information content (AvgIpc) is 3.06. The molecule has 104 valence electrons. The minimum absolute atomic E-state index is 0.223. The Kier molecular flexibility index (Phi) is 4.24. The molecule has 0 radical (unpaired) electrons. The number of nitrogens with one attached hydrogen (secondary N) is 1. The fourth-order valence-corrected chi connectivity index (χ4v) is 3.30. The van der Waals surface area contributed by atoms with Gasteiger partial charge < -0.3 is 9.73 Å². The number of furan rings is 1. The van der Waals surface area contributed by atoms with Crippen LogP contribution in [0, 0.1) is 0 Å². The Hall–Kier alpha value is -1.10. The molecule has 0 aliphatic rings. The zero-order valence-corrected chi connectivity index (χ0v) is 13.6. The van der Waals surface area contributed by atoms with Crippen LogP contribution in [-0.4, -0.2) is 6.54 Å². The van der Waals surface area contributed by atoms with Crippen molar-refractivity contribution in [3.8, 4) is 0 Å². The van der Waals surface area contributed by atoms with Crippen LogP contribution >= 0.6 is 27.3 Å². The van der Waals surface area contributed by atoms with Crippen LogP contribution in [-0.2, 0) is 6.42 Å². The van der Waals surface area contributed by atoms with E-state index in [1.54, 1.807) is 0 Å². The molecular formula is C16H16BrNOS. The summed E-state index contributed by atoms with van der Waals surface area (Å²) in [4.78, 5) is 1.42. The number of halogens is 1. The molecular weight excluding hydrogens is 334 g/mol. The molecule has 0 aliphatic heterocycles. The molecule has 1 atom stereocenters. The maximum Gasteiger partial charge on any atom is 0.134 e. The molecule has 0 spiro atoms. The van der Waals surface area contributed by atoms with Gasteiger partial charge in [0.15, 0.2) is 0 Å². The summed E-state index contributed by atoms with van der Waals surface area (Å²) >= 11 is 5.29. The van der Waals surface area contributed by atoms with Gasteiger partial charge in [-0.15, -0.1) is 11.3 Å². The average molecular weight is 350 g/mol. The molecule has 3 aromatic rings. The minimum Gasteiger partial charge on any atom is -0.459 e. The van der Waals surface area contributed by atoms with Crippen molar-refractivity contribution in [2.24, 2.45) is 0 Å². The third-order valence-corrected chi connectivity index (χ3v) is 4.76. The number of hydrogen-bond acceptors (Lipinski definition) is 3. The first-order valence-corrected chi connectivity index (χ1v) is 8.34. The lowest BCUT2D eigenvalue weighted by molar-refractivity contribution is 0.454. The summed E-state index contributed by atoms with van der Waals surface area (Å²) < 4.78 is 6.97. The van der Waals surface area contributed by atoms with Gasteiger partial charge in [-0.25, -0.2) is 0 Å². The van der Waals surface area contributed by atoms with Crippen molar-refractivity contribution >= 4 is 38.2 Å². The predicted molar refractivity (Wildman–Crippen MR) is 88.4 cm³/mol. The Morgan fingerprint density at radius 1 is 1.30 bits per heavy atom. The molecule has 3 rings (SSSR count). The summed E-state index contributed by atoms with van der Waals surface area (Å²) in [5, 5.41) is 6.77. The molecule has 0 saturated carbocycles. The standard InChI is InChI=1S/C16H16BrNOS/c1-11(18-7-6-14-3-2-8-20-14)16-10-12-9-13(17)4-5-15(12)19-16/h2-5,8-11,18H,6-7H2,1H3. The first kappa shape index (κ1) is 13.9. The number of benzene rings is 1. The van der Waals surface area contributed by atoms with E-state index in [0.717, 1.165) is 34.2 Å². The minimum atomic E-state index is 0.223. The molecule has 2 heterocycles. The van der Waals surface area contributed by atoms with Gasteiger partial charge in [-0.1, -0.05) is 22.0 Å². The van der Waals surface area contributed by atoms with Crippen LogP contribution in [0.4, 0.5) is 0 Å². The maximum absolute atomic E-state index is 5.89. The van der Waals surface area contributed by atoms with E-state index >= 15 is 0 Å². The quantitative estimate of drug-likeness (QED) is 0.688. The van der Waals surface area contributed by atoms with Crippen LogP contribution in [0.15, 0.2) is 50.7 Å². The zero-order chi connectivity index (χ0) is 13.9. The van der Waals surface area contributed by atoms with Gasteiger partial charge >= 0.3 is 0 Å². The molecule has 0 saturated heterocycles. The molecule has 0 fully saturated rings.